The molecule has 76 valence electrons. The molecule has 0 radical (unpaired) electrons. The molecule has 15 heavy (non-hydrogen) atoms. The van der Waals surface area contributed by atoms with Crippen molar-refractivity contribution in [2.24, 2.45) is 0 Å². The van der Waals surface area contributed by atoms with Crippen LogP contribution in [-0.4, -0.2) is 26.7 Å². The van der Waals surface area contributed by atoms with Crippen molar-refractivity contribution in [2.75, 3.05) is 0 Å². The molecule has 2 aromatic heterocycles. The van der Waals surface area contributed by atoms with E-state index >= 15 is 0 Å². The SMILES string of the molecule is O=C(OC1CC1)c1cc2ncccn2n1. The maximum atomic E-state index is 11.5. The summed E-state index contributed by atoms with van der Waals surface area (Å²) in [5.41, 5.74) is 0.973. The highest BCUT2D eigenvalue weighted by molar-refractivity contribution is 5.88. The van der Waals surface area contributed by atoms with Crippen molar-refractivity contribution in [3.63, 3.8) is 0 Å². The van der Waals surface area contributed by atoms with E-state index < -0.39 is 0 Å². The van der Waals surface area contributed by atoms with Gasteiger partial charge in [-0.15, -0.1) is 0 Å². The van der Waals surface area contributed by atoms with Gasteiger partial charge < -0.3 is 4.74 Å². The van der Waals surface area contributed by atoms with E-state index in [0.29, 0.717) is 11.3 Å². The minimum atomic E-state index is -0.358. The Morgan fingerprint density at radius 1 is 1.53 bits per heavy atom. The van der Waals surface area contributed by atoms with Gasteiger partial charge in [0.1, 0.15) is 6.10 Å². The molecule has 0 spiro atoms. The number of hydrogen-bond acceptors (Lipinski definition) is 4. The van der Waals surface area contributed by atoms with E-state index in [2.05, 4.69) is 10.1 Å². The highest BCUT2D eigenvalue weighted by atomic mass is 16.5. The second-order valence-corrected chi connectivity index (χ2v) is 3.56. The number of aromatic nitrogens is 3. The van der Waals surface area contributed by atoms with Crippen LogP contribution in [0.4, 0.5) is 0 Å². The largest absolute Gasteiger partial charge is 0.458 e. The number of carbonyl (C=O) groups is 1. The summed E-state index contributed by atoms with van der Waals surface area (Å²) in [5, 5.41) is 4.07. The molecule has 5 nitrogen and oxygen atoms in total. The highest BCUT2D eigenvalue weighted by Crippen LogP contribution is 2.24. The van der Waals surface area contributed by atoms with Gasteiger partial charge in [0.2, 0.25) is 0 Å². The van der Waals surface area contributed by atoms with E-state index in [9.17, 15) is 4.79 Å². The zero-order chi connectivity index (χ0) is 10.3. The van der Waals surface area contributed by atoms with Gasteiger partial charge in [-0.05, 0) is 18.9 Å². The van der Waals surface area contributed by atoms with Crippen molar-refractivity contribution in [1.82, 2.24) is 14.6 Å². The maximum Gasteiger partial charge on any atom is 0.359 e. The molecular weight excluding hydrogens is 194 g/mol. The van der Waals surface area contributed by atoms with Crippen LogP contribution in [0.25, 0.3) is 5.65 Å². The first-order valence-corrected chi connectivity index (χ1v) is 4.84. The van der Waals surface area contributed by atoms with Crippen LogP contribution in [0.3, 0.4) is 0 Å². The van der Waals surface area contributed by atoms with Gasteiger partial charge in [-0.3, -0.25) is 0 Å². The molecular formula is C10H9N3O2. The molecule has 0 amide bonds. The van der Waals surface area contributed by atoms with Crippen LogP contribution in [0.15, 0.2) is 24.5 Å². The van der Waals surface area contributed by atoms with Gasteiger partial charge in [-0.2, -0.15) is 5.10 Å². The molecule has 1 fully saturated rings. The van der Waals surface area contributed by atoms with Crippen molar-refractivity contribution in [2.45, 2.75) is 18.9 Å². The maximum absolute atomic E-state index is 11.5. The Morgan fingerprint density at radius 2 is 2.40 bits per heavy atom. The first-order valence-electron chi connectivity index (χ1n) is 4.84. The molecule has 0 unspecified atom stereocenters. The first-order chi connectivity index (χ1) is 7.33. The van der Waals surface area contributed by atoms with E-state index in [4.69, 9.17) is 4.74 Å². The molecule has 2 heterocycles. The Balaban J connectivity index is 1.92. The minimum absolute atomic E-state index is 0.107. The Morgan fingerprint density at radius 3 is 3.13 bits per heavy atom. The lowest BCUT2D eigenvalue weighted by atomic mass is 10.4. The fraction of sp³-hybridized carbons (Fsp3) is 0.300. The van der Waals surface area contributed by atoms with Crippen LogP contribution >= 0.6 is 0 Å². The average molecular weight is 203 g/mol. The number of hydrogen-bond donors (Lipinski definition) is 0. The lowest BCUT2D eigenvalue weighted by Gasteiger charge is -1.97. The summed E-state index contributed by atoms with van der Waals surface area (Å²) in [6.45, 7) is 0. The Labute approximate surface area is 85.7 Å². The fourth-order valence-corrected chi connectivity index (χ4v) is 1.33. The standard InChI is InChI=1S/C10H9N3O2/c14-10(15-7-2-3-7)8-6-9-11-4-1-5-13(9)12-8/h1,4-7H,2-3H2. The molecule has 0 aromatic carbocycles. The number of fused-ring (bicyclic) bond motifs is 1. The molecule has 0 N–H and O–H groups in total. The quantitative estimate of drug-likeness (QED) is 0.684. The number of ether oxygens (including phenoxy) is 1. The monoisotopic (exact) mass is 203 g/mol. The Hall–Kier alpha value is -1.91. The third kappa shape index (κ3) is 1.56. The van der Waals surface area contributed by atoms with Crippen molar-refractivity contribution in [1.29, 1.82) is 0 Å². The summed E-state index contributed by atoms with van der Waals surface area (Å²) in [4.78, 5) is 15.6. The summed E-state index contributed by atoms with van der Waals surface area (Å²) in [6.07, 6.45) is 5.45. The van der Waals surface area contributed by atoms with E-state index in [-0.39, 0.29) is 12.1 Å². The van der Waals surface area contributed by atoms with Gasteiger partial charge in [0.05, 0.1) is 0 Å². The molecule has 0 atom stereocenters. The third-order valence-corrected chi connectivity index (χ3v) is 2.24. The summed E-state index contributed by atoms with van der Waals surface area (Å²) in [6, 6.07) is 3.39. The van der Waals surface area contributed by atoms with Gasteiger partial charge in [0, 0.05) is 18.5 Å². The van der Waals surface area contributed by atoms with E-state index in [1.165, 1.54) is 0 Å². The third-order valence-electron chi connectivity index (χ3n) is 2.24. The average Bonchev–Trinajstić information content (AvgIpc) is 2.95. The summed E-state index contributed by atoms with van der Waals surface area (Å²) < 4.78 is 6.69. The number of nitrogens with zero attached hydrogens (tertiary/aromatic N) is 3. The molecule has 1 saturated carbocycles. The Kier molecular flexibility index (Phi) is 1.71. The lowest BCUT2D eigenvalue weighted by Crippen LogP contribution is -2.07. The summed E-state index contributed by atoms with van der Waals surface area (Å²) in [7, 11) is 0. The van der Waals surface area contributed by atoms with Gasteiger partial charge in [-0.25, -0.2) is 14.3 Å². The number of rotatable bonds is 2. The van der Waals surface area contributed by atoms with Crippen LogP contribution in [0.5, 0.6) is 0 Å². The van der Waals surface area contributed by atoms with Crippen molar-refractivity contribution >= 4 is 11.6 Å². The van der Waals surface area contributed by atoms with E-state index in [1.807, 2.05) is 0 Å². The van der Waals surface area contributed by atoms with Crippen molar-refractivity contribution < 1.29 is 9.53 Å². The summed E-state index contributed by atoms with van der Waals surface area (Å²) >= 11 is 0. The first kappa shape index (κ1) is 8.40. The van der Waals surface area contributed by atoms with Crippen LogP contribution in [0.2, 0.25) is 0 Å². The predicted molar refractivity (Wildman–Crippen MR) is 51.4 cm³/mol. The normalized spacial score (nSPS) is 15.5. The smallest absolute Gasteiger partial charge is 0.359 e. The molecule has 0 aliphatic heterocycles. The van der Waals surface area contributed by atoms with E-state index in [0.717, 1.165) is 12.8 Å². The van der Waals surface area contributed by atoms with Crippen LogP contribution in [0.1, 0.15) is 23.3 Å². The molecule has 1 aliphatic rings. The van der Waals surface area contributed by atoms with Crippen LogP contribution in [-0.2, 0) is 4.74 Å². The Bertz CT molecular complexity index is 483. The minimum Gasteiger partial charge on any atom is -0.458 e. The molecule has 1 aliphatic carbocycles. The molecule has 0 saturated heterocycles. The second-order valence-electron chi connectivity index (χ2n) is 3.56. The zero-order valence-corrected chi connectivity index (χ0v) is 7.96. The van der Waals surface area contributed by atoms with Gasteiger partial charge in [0.15, 0.2) is 11.3 Å². The van der Waals surface area contributed by atoms with Gasteiger partial charge >= 0.3 is 5.97 Å². The van der Waals surface area contributed by atoms with Crippen molar-refractivity contribution in [3.05, 3.63) is 30.2 Å². The van der Waals surface area contributed by atoms with Gasteiger partial charge in [0.25, 0.3) is 0 Å². The molecule has 0 bridgehead atoms. The highest BCUT2D eigenvalue weighted by Gasteiger charge is 2.27. The molecule has 3 rings (SSSR count). The predicted octanol–water partition coefficient (Wildman–Crippen LogP) is 1.05. The zero-order valence-electron chi connectivity index (χ0n) is 7.96. The van der Waals surface area contributed by atoms with Crippen LogP contribution in [0, 0.1) is 0 Å². The summed E-state index contributed by atoms with van der Waals surface area (Å²) in [5.74, 6) is -0.358. The van der Waals surface area contributed by atoms with Gasteiger partial charge in [-0.1, -0.05) is 0 Å². The molecule has 2 aromatic rings. The number of carbonyl (C=O) groups excluding carboxylic acids is 1. The van der Waals surface area contributed by atoms with Crippen molar-refractivity contribution in [3.8, 4) is 0 Å². The molecule has 5 heteroatoms. The topological polar surface area (TPSA) is 56.5 Å². The second kappa shape index (κ2) is 3.05. The van der Waals surface area contributed by atoms with Crippen LogP contribution < -0.4 is 0 Å². The number of esters is 1. The van der Waals surface area contributed by atoms with E-state index in [1.54, 1.807) is 29.0 Å². The lowest BCUT2D eigenvalue weighted by molar-refractivity contribution is 0.0465. The fourth-order valence-electron chi connectivity index (χ4n) is 1.33.